The molecule has 0 spiro atoms. The monoisotopic (exact) mass is 1640 g/mol. The van der Waals surface area contributed by atoms with Gasteiger partial charge in [-0.05, 0) is 244 Å². The Labute approximate surface area is 726 Å². The Morgan fingerprint density at radius 1 is 0.262 bits per heavy atom. The largest absolute Gasteiger partial charge is 0.569 e. The standard InChI is InChI=1S/C55H31N3O2.C43H24ClN3O.C12H8BO3.2CH4/c1-3-13-37-35(11-1)36-12-2-4-14-38(36)45-31-54-50(30-44(37)45)57(49-26-22-33(28-53(49)60-54)32-21-24-41-40-16-6-10-20-51(40)59-52(41)27-32)34-23-25-42-43(29-34)39-15-5-8-18-47(39)58-48-19-9-7-17-46(48)56-55(42)58;44-25-17-20-39-41(21-25)48-42-24-35-30-12-4-2-10-28(30)27-9-1-3-11-29(27)34(35)23-40(42)46(39)26-18-19-32-33(22-26)31-13-5-7-15-37(31)47-38-16-8-6-14-36(38)45-43(32)47;14-13-16-8-5-6-10-9-3-1-2-4-11(9)15-12(10)7-8;;/h1-31H;1-24H;1-7,14H;2*1H4. The molecule has 14 heteroatoms. The average molecular weight is 1640 g/mol. The van der Waals surface area contributed by atoms with Gasteiger partial charge in [0.2, 0.25) is 0 Å². The SMILES string of the molecule is C.C.Clc1ccc2c(c1)Oc1cc3c4ccccc4c4ccccc4c3cc1N2c1ccc2c(c1)c1ccccc1n1c3ccccc3nc21.O[B]Oc1ccc2c(c1)oc1ccccc12.c1ccc2c(c1)nc1c3ccc(N4c5ccc(-c6ccc7c(c6)oc6ccccc67)cc5Oc5cc6c7ccccc7c7ccccc7c6cc54)cc3c3ccccc3n21. The van der Waals surface area contributed by atoms with E-state index in [0.29, 0.717) is 18.5 Å². The molecule has 0 unspecified atom stereocenters. The molecule has 26 aromatic rings. The molecule has 0 aliphatic carbocycles. The highest BCUT2D eigenvalue weighted by atomic mass is 35.5. The quantitative estimate of drug-likeness (QED) is 0.132. The van der Waals surface area contributed by atoms with Gasteiger partial charge in [-0.15, -0.1) is 0 Å². The summed E-state index contributed by atoms with van der Waals surface area (Å²) in [4.78, 5) is 15.0. The number of pyridine rings is 2. The first-order chi connectivity index (χ1) is 61.3. The van der Waals surface area contributed by atoms with Crippen LogP contribution in [0.2, 0.25) is 5.02 Å². The predicted molar refractivity (Wildman–Crippen MR) is 523 cm³/mol. The van der Waals surface area contributed by atoms with E-state index in [2.05, 4.69) is 322 Å². The van der Waals surface area contributed by atoms with Crippen molar-refractivity contribution in [2.45, 2.75) is 14.9 Å². The van der Waals surface area contributed by atoms with Crippen LogP contribution in [0, 0.1) is 0 Å². The van der Waals surface area contributed by atoms with Crippen molar-refractivity contribution in [3.8, 4) is 39.9 Å². The molecule has 0 saturated carbocycles. The maximum atomic E-state index is 8.55. The minimum absolute atomic E-state index is 0. The molecule has 0 bridgehead atoms. The highest BCUT2D eigenvalue weighted by molar-refractivity contribution is 6.31. The second-order valence-corrected chi connectivity index (χ2v) is 32.3. The minimum atomic E-state index is 0. The summed E-state index contributed by atoms with van der Waals surface area (Å²) >= 11 is 6.56. The first-order valence-corrected chi connectivity index (χ1v) is 41.7. The average Bonchev–Trinajstić information content (AvgIpc) is 1.15. The molecule has 8 heterocycles. The van der Waals surface area contributed by atoms with Crippen molar-refractivity contribution in [2.24, 2.45) is 0 Å². The molecular weight excluding hydrogens is 1570 g/mol. The highest BCUT2D eigenvalue weighted by Crippen LogP contribution is 2.57. The summed E-state index contributed by atoms with van der Waals surface area (Å²) in [6.07, 6.45) is 0. The number of rotatable bonds is 5. The number of furan rings is 2. The van der Waals surface area contributed by atoms with Crippen LogP contribution >= 0.6 is 11.6 Å². The number of nitrogens with zero attached hydrogens (tertiary/aromatic N) is 6. The van der Waals surface area contributed by atoms with Gasteiger partial charge in [0.15, 0.2) is 23.0 Å². The third-order valence-corrected chi connectivity index (χ3v) is 25.4. The summed E-state index contributed by atoms with van der Waals surface area (Å²) in [6, 6.07) is 132. The summed E-state index contributed by atoms with van der Waals surface area (Å²) in [5.41, 5.74) is 19.8. The number of hydrogen-bond acceptors (Lipinski definition) is 10. The normalized spacial score (nSPS) is 12.3. The molecule has 126 heavy (non-hydrogen) atoms. The lowest BCUT2D eigenvalue weighted by Crippen LogP contribution is -2.16. The molecule has 12 nitrogen and oxygen atoms in total. The number of anilines is 6. The van der Waals surface area contributed by atoms with Crippen LogP contribution in [0.5, 0.6) is 28.7 Å². The van der Waals surface area contributed by atoms with Crippen molar-refractivity contribution < 1.29 is 28.0 Å². The van der Waals surface area contributed by atoms with Crippen LogP contribution in [-0.4, -0.2) is 31.5 Å². The first kappa shape index (κ1) is 73.7. The molecule has 0 fully saturated rings. The van der Waals surface area contributed by atoms with E-state index in [0.717, 1.165) is 189 Å². The van der Waals surface area contributed by atoms with Crippen molar-refractivity contribution in [2.75, 3.05) is 9.80 Å². The van der Waals surface area contributed by atoms with Crippen molar-refractivity contribution in [1.82, 2.24) is 18.8 Å². The van der Waals surface area contributed by atoms with E-state index in [1.807, 2.05) is 60.7 Å². The van der Waals surface area contributed by atoms with Crippen LogP contribution in [0.25, 0.3) is 196 Å². The molecule has 0 atom stereocenters. The van der Waals surface area contributed by atoms with E-state index < -0.39 is 0 Å². The summed E-state index contributed by atoms with van der Waals surface area (Å²) in [5, 5.41) is 34.9. The smallest absolute Gasteiger partial charge is 0.537 e. The Kier molecular flexibility index (Phi) is 16.8. The second kappa shape index (κ2) is 28.7. The molecule has 2 aliphatic heterocycles. The van der Waals surface area contributed by atoms with Gasteiger partial charge in [-0.2, -0.15) is 0 Å². The van der Waals surface area contributed by atoms with Crippen molar-refractivity contribution >= 4 is 239 Å². The Morgan fingerprint density at radius 2 is 0.603 bits per heavy atom. The highest BCUT2D eigenvalue weighted by Gasteiger charge is 2.32. The molecule has 20 aromatic carbocycles. The zero-order chi connectivity index (χ0) is 81.5. The lowest BCUT2D eigenvalue weighted by atomic mass is 9.93. The van der Waals surface area contributed by atoms with Gasteiger partial charge >= 0.3 is 7.69 Å². The molecule has 1 radical (unpaired) electrons. The van der Waals surface area contributed by atoms with Gasteiger partial charge in [0.25, 0.3) is 0 Å². The lowest BCUT2D eigenvalue weighted by Gasteiger charge is -2.34. The molecule has 595 valence electrons. The Morgan fingerprint density at radius 3 is 1.08 bits per heavy atom. The fraction of sp³-hybridized carbons (Fsp3) is 0.0179. The Hall–Kier alpha value is -16.2. The molecule has 0 saturated heterocycles. The maximum absolute atomic E-state index is 8.55. The Balaban J connectivity index is 0.000000120. The van der Waals surface area contributed by atoms with E-state index in [4.69, 9.17) is 49.6 Å². The van der Waals surface area contributed by atoms with Gasteiger partial charge in [0, 0.05) is 71.6 Å². The van der Waals surface area contributed by atoms with Gasteiger partial charge in [0.05, 0.1) is 55.8 Å². The topological polar surface area (TPSA) is 115 Å². The minimum Gasteiger partial charge on any atom is -0.537 e. The van der Waals surface area contributed by atoms with Gasteiger partial charge in [-0.3, -0.25) is 8.80 Å². The number of ether oxygens (including phenoxy) is 2. The van der Waals surface area contributed by atoms with Crippen LogP contribution in [-0.2, 0) is 0 Å². The van der Waals surface area contributed by atoms with E-state index in [-0.39, 0.29) is 14.9 Å². The Bertz CT molecular complexity index is 9130. The number of imidazole rings is 2. The number of para-hydroxylation sites is 8. The van der Waals surface area contributed by atoms with Crippen LogP contribution in [0.15, 0.2) is 385 Å². The van der Waals surface area contributed by atoms with Crippen LogP contribution < -0.4 is 23.9 Å². The number of benzene rings is 20. The maximum Gasteiger partial charge on any atom is 0.569 e. The zero-order valence-corrected chi connectivity index (χ0v) is 66.7. The van der Waals surface area contributed by atoms with Crippen LogP contribution in [0.1, 0.15) is 14.9 Å². The summed E-state index contributed by atoms with van der Waals surface area (Å²) < 4.78 is 35.2. The summed E-state index contributed by atoms with van der Waals surface area (Å²) in [5.74, 6) is 3.65. The second-order valence-electron chi connectivity index (χ2n) is 31.9. The zero-order valence-electron chi connectivity index (χ0n) is 65.9. The van der Waals surface area contributed by atoms with Gasteiger partial charge in [-0.1, -0.05) is 233 Å². The van der Waals surface area contributed by atoms with E-state index in [9.17, 15) is 0 Å². The third kappa shape index (κ3) is 11.2. The fourth-order valence-electron chi connectivity index (χ4n) is 19.7. The van der Waals surface area contributed by atoms with Crippen LogP contribution in [0.4, 0.5) is 34.1 Å². The van der Waals surface area contributed by atoms with Gasteiger partial charge < -0.3 is 37.8 Å². The van der Waals surface area contributed by atoms with Gasteiger partial charge in [-0.25, -0.2) is 9.97 Å². The summed E-state index contributed by atoms with van der Waals surface area (Å²) in [6.45, 7) is 0. The van der Waals surface area contributed by atoms with E-state index in [1.165, 1.54) is 64.6 Å². The van der Waals surface area contributed by atoms with Crippen molar-refractivity contribution in [1.29, 1.82) is 0 Å². The molecule has 2 aliphatic rings. The molecule has 1 N–H and O–H groups in total. The fourth-order valence-corrected chi connectivity index (χ4v) is 19.9. The van der Waals surface area contributed by atoms with Crippen molar-refractivity contribution in [3.05, 3.63) is 381 Å². The summed E-state index contributed by atoms with van der Waals surface area (Å²) in [7, 11) is 0.657. The van der Waals surface area contributed by atoms with E-state index in [1.54, 1.807) is 12.1 Å². The van der Waals surface area contributed by atoms with Crippen LogP contribution in [0.3, 0.4) is 0 Å². The lowest BCUT2D eigenvalue weighted by molar-refractivity contribution is 0.453. The first-order valence-electron chi connectivity index (χ1n) is 41.4. The predicted octanol–water partition coefficient (Wildman–Crippen LogP) is 31.6. The number of aromatic nitrogens is 4. The number of halogens is 1. The molecule has 0 amide bonds. The van der Waals surface area contributed by atoms with Crippen molar-refractivity contribution in [3.63, 3.8) is 0 Å². The molecule has 28 rings (SSSR count). The molecular formula is C112H71BClN6O6. The third-order valence-electron chi connectivity index (χ3n) is 25.2. The number of hydrogen-bond donors (Lipinski definition) is 1. The van der Waals surface area contributed by atoms with Gasteiger partial charge in [0.1, 0.15) is 39.4 Å². The number of fused-ring (bicyclic) bond motifs is 38. The van der Waals surface area contributed by atoms with E-state index >= 15 is 0 Å². The molecule has 6 aromatic heterocycles.